The van der Waals surface area contributed by atoms with Gasteiger partial charge in [0.25, 0.3) is 0 Å². The number of hydrogen-bond acceptors (Lipinski definition) is 2. The summed E-state index contributed by atoms with van der Waals surface area (Å²) in [6.07, 6.45) is 3.12. The molecule has 0 atom stereocenters. The van der Waals surface area contributed by atoms with Gasteiger partial charge in [0.05, 0.1) is 5.92 Å². The van der Waals surface area contributed by atoms with Crippen LogP contribution in [0.3, 0.4) is 0 Å². The van der Waals surface area contributed by atoms with Crippen LogP contribution in [0.15, 0.2) is 24.3 Å². The molecular weight excluding hydrogens is 164 g/mol. The van der Waals surface area contributed by atoms with Crippen molar-refractivity contribution < 1.29 is 9.53 Å². The van der Waals surface area contributed by atoms with E-state index in [1.165, 1.54) is 0 Å². The maximum absolute atomic E-state index is 11.4. The molecule has 0 spiro atoms. The molecule has 1 saturated carbocycles. The maximum Gasteiger partial charge on any atom is 0.314 e. The average Bonchev–Trinajstić information content (AvgIpc) is 2.02. The van der Waals surface area contributed by atoms with Crippen LogP contribution in [-0.4, -0.2) is 5.97 Å². The number of benzene rings is 1. The Hall–Kier alpha value is -1.31. The summed E-state index contributed by atoms with van der Waals surface area (Å²) in [5.41, 5.74) is 0. The highest BCUT2D eigenvalue weighted by Gasteiger charge is 2.26. The first-order valence-corrected chi connectivity index (χ1v) is 4.54. The van der Waals surface area contributed by atoms with Crippen LogP contribution in [0, 0.1) is 12.0 Å². The topological polar surface area (TPSA) is 26.3 Å². The third-order valence-electron chi connectivity index (χ3n) is 2.34. The third kappa shape index (κ3) is 1.89. The summed E-state index contributed by atoms with van der Waals surface area (Å²) in [5.74, 6) is 0.678. The largest absolute Gasteiger partial charge is 0.426 e. The van der Waals surface area contributed by atoms with Crippen molar-refractivity contribution >= 4 is 5.97 Å². The fraction of sp³-hybridized carbons (Fsp3) is 0.364. The lowest BCUT2D eigenvalue weighted by atomic mass is 9.86. The molecular formula is C11H11O2. The van der Waals surface area contributed by atoms with Gasteiger partial charge in [-0.2, -0.15) is 0 Å². The van der Waals surface area contributed by atoms with E-state index in [0.29, 0.717) is 5.75 Å². The lowest BCUT2D eigenvalue weighted by Gasteiger charge is -2.22. The molecule has 1 radical (unpaired) electrons. The summed E-state index contributed by atoms with van der Waals surface area (Å²) in [6.45, 7) is 0. The molecule has 13 heavy (non-hydrogen) atoms. The van der Waals surface area contributed by atoms with Crippen LogP contribution in [0.2, 0.25) is 0 Å². The van der Waals surface area contributed by atoms with Gasteiger partial charge in [-0.05, 0) is 31.0 Å². The maximum atomic E-state index is 11.4. The first-order valence-electron chi connectivity index (χ1n) is 4.54. The lowest BCUT2D eigenvalue weighted by molar-refractivity contribution is -0.141. The highest BCUT2D eigenvalue weighted by molar-refractivity contribution is 5.75. The van der Waals surface area contributed by atoms with Crippen molar-refractivity contribution in [1.29, 1.82) is 0 Å². The van der Waals surface area contributed by atoms with Crippen molar-refractivity contribution in [2.75, 3.05) is 0 Å². The Bertz CT molecular complexity index is 288. The van der Waals surface area contributed by atoms with E-state index in [1.54, 1.807) is 24.3 Å². The molecule has 0 aromatic heterocycles. The smallest absolute Gasteiger partial charge is 0.314 e. The van der Waals surface area contributed by atoms with Crippen molar-refractivity contribution in [2.45, 2.75) is 19.3 Å². The van der Waals surface area contributed by atoms with E-state index in [2.05, 4.69) is 6.07 Å². The number of carbonyl (C=O) groups is 1. The molecule has 0 unspecified atom stereocenters. The lowest BCUT2D eigenvalue weighted by Crippen LogP contribution is -2.26. The summed E-state index contributed by atoms with van der Waals surface area (Å²) in [7, 11) is 0. The Balaban J connectivity index is 1.94. The summed E-state index contributed by atoms with van der Waals surface area (Å²) < 4.78 is 5.16. The number of hydrogen-bond donors (Lipinski definition) is 0. The van der Waals surface area contributed by atoms with Gasteiger partial charge in [-0.15, -0.1) is 0 Å². The minimum atomic E-state index is -0.0857. The quantitative estimate of drug-likeness (QED) is 0.508. The van der Waals surface area contributed by atoms with Gasteiger partial charge in [-0.25, -0.2) is 0 Å². The van der Waals surface area contributed by atoms with Gasteiger partial charge in [0.15, 0.2) is 0 Å². The minimum Gasteiger partial charge on any atom is -0.426 e. The molecule has 1 aliphatic carbocycles. The van der Waals surface area contributed by atoms with Gasteiger partial charge in [0, 0.05) is 0 Å². The van der Waals surface area contributed by atoms with Crippen molar-refractivity contribution in [3.05, 3.63) is 30.3 Å². The monoisotopic (exact) mass is 175 g/mol. The van der Waals surface area contributed by atoms with Crippen molar-refractivity contribution in [2.24, 2.45) is 5.92 Å². The normalized spacial score (nSPS) is 16.3. The second kappa shape index (κ2) is 3.60. The third-order valence-corrected chi connectivity index (χ3v) is 2.34. The van der Waals surface area contributed by atoms with Crippen LogP contribution >= 0.6 is 0 Å². The Morgan fingerprint density at radius 2 is 2.08 bits per heavy atom. The second-order valence-corrected chi connectivity index (χ2v) is 3.28. The van der Waals surface area contributed by atoms with E-state index in [1.807, 2.05) is 0 Å². The molecule has 67 valence electrons. The number of carbonyl (C=O) groups excluding carboxylic acids is 1. The van der Waals surface area contributed by atoms with E-state index in [-0.39, 0.29) is 11.9 Å². The first-order chi connectivity index (χ1) is 6.36. The van der Waals surface area contributed by atoms with Gasteiger partial charge in [0.1, 0.15) is 5.75 Å². The fourth-order valence-electron chi connectivity index (χ4n) is 1.28. The molecule has 0 N–H and O–H groups in total. The Morgan fingerprint density at radius 1 is 1.38 bits per heavy atom. The average molecular weight is 175 g/mol. The van der Waals surface area contributed by atoms with Gasteiger partial charge >= 0.3 is 5.97 Å². The van der Waals surface area contributed by atoms with Crippen molar-refractivity contribution in [3.8, 4) is 5.75 Å². The van der Waals surface area contributed by atoms with Crippen molar-refractivity contribution in [1.82, 2.24) is 0 Å². The zero-order chi connectivity index (χ0) is 9.10. The predicted molar refractivity (Wildman–Crippen MR) is 48.3 cm³/mol. The van der Waals surface area contributed by atoms with Crippen LogP contribution in [-0.2, 0) is 4.79 Å². The number of ether oxygens (including phenoxy) is 1. The van der Waals surface area contributed by atoms with Gasteiger partial charge in [-0.1, -0.05) is 18.6 Å². The molecule has 0 aliphatic heterocycles. The van der Waals surface area contributed by atoms with E-state index >= 15 is 0 Å². The number of esters is 1. The molecule has 1 aliphatic rings. The molecule has 0 saturated heterocycles. The van der Waals surface area contributed by atoms with Crippen molar-refractivity contribution in [3.63, 3.8) is 0 Å². The zero-order valence-corrected chi connectivity index (χ0v) is 7.32. The summed E-state index contributed by atoms with van der Waals surface area (Å²) >= 11 is 0. The predicted octanol–water partition coefficient (Wildman–Crippen LogP) is 2.19. The number of rotatable bonds is 2. The molecule has 0 heterocycles. The highest BCUT2D eigenvalue weighted by atomic mass is 16.5. The summed E-state index contributed by atoms with van der Waals surface area (Å²) in [4.78, 5) is 11.4. The zero-order valence-electron chi connectivity index (χ0n) is 7.32. The van der Waals surface area contributed by atoms with Gasteiger partial charge in [-0.3, -0.25) is 4.79 Å². The SMILES string of the molecule is O=C(Oc1cc[c]cc1)C1CCC1. The summed E-state index contributed by atoms with van der Waals surface area (Å²) in [6, 6.07) is 9.84. The molecule has 2 heteroatoms. The molecule has 2 rings (SSSR count). The minimum absolute atomic E-state index is 0.0857. The second-order valence-electron chi connectivity index (χ2n) is 3.28. The van der Waals surface area contributed by atoms with Crippen LogP contribution in [0.1, 0.15) is 19.3 Å². The van der Waals surface area contributed by atoms with Gasteiger partial charge in [0.2, 0.25) is 0 Å². The molecule has 1 aromatic rings. The summed E-state index contributed by atoms with van der Waals surface area (Å²) in [5, 5.41) is 0. The van der Waals surface area contributed by atoms with Crippen LogP contribution in [0.5, 0.6) is 5.75 Å². The van der Waals surface area contributed by atoms with E-state index in [4.69, 9.17) is 4.74 Å². The van der Waals surface area contributed by atoms with Crippen LogP contribution in [0.4, 0.5) is 0 Å². The molecule has 0 amide bonds. The molecule has 2 nitrogen and oxygen atoms in total. The standard InChI is InChI=1S/C11H11O2/c12-11(9-5-4-6-9)13-10-7-2-1-3-8-10/h2-3,7-9H,4-6H2. The molecule has 0 bridgehead atoms. The highest BCUT2D eigenvalue weighted by Crippen LogP contribution is 2.27. The first kappa shape index (κ1) is 8.30. The van der Waals surface area contributed by atoms with Crippen LogP contribution < -0.4 is 4.74 Å². The van der Waals surface area contributed by atoms with E-state index in [9.17, 15) is 4.79 Å². The Kier molecular flexibility index (Phi) is 2.30. The fourth-order valence-corrected chi connectivity index (χ4v) is 1.28. The Labute approximate surface area is 77.5 Å². The molecule has 1 fully saturated rings. The van der Waals surface area contributed by atoms with Crippen LogP contribution in [0.25, 0.3) is 0 Å². The van der Waals surface area contributed by atoms with Gasteiger partial charge < -0.3 is 4.74 Å². The van der Waals surface area contributed by atoms with E-state index in [0.717, 1.165) is 19.3 Å². The van der Waals surface area contributed by atoms with E-state index < -0.39 is 0 Å². The Morgan fingerprint density at radius 3 is 2.62 bits per heavy atom. The molecule has 1 aromatic carbocycles.